The van der Waals surface area contributed by atoms with Gasteiger partial charge in [-0.15, -0.1) is 0 Å². The lowest BCUT2D eigenvalue weighted by atomic mass is 10.1. The van der Waals surface area contributed by atoms with Crippen LogP contribution >= 0.6 is 0 Å². The van der Waals surface area contributed by atoms with Gasteiger partial charge in [0.05, 0.1) is 5.39 Å². The zero-order valence-corrected chi connectivity index (χ0v) is 15.0. The molecule has 0 amide bonds. The van der Waals surface area contributed by atoms with Crippen LogP contribution < -0.4 is 11.1 Å². The molecular weight excluding hydrogens is 345 g/mol. The van der Waals surface area contributed by atoms with Gasteiger partial charge in [0.2, 0.25) is 17.7 Å². The minimum Gasteiger partial charge on any atom is -0.452 e. The number of nitrogens with two attached hydrogens (primary N) is 1. The van der Waals surface area contributed by atoms with Gasteiger partial charge in [0, 0.05) is 11.3 Å². The van der Waals surface area contributed by atoms with Crippen molar-refractivity contribution in [2.24, 2.45) is 0 Å². The largest absolute Gasteiger partial charge is 0.452 e. The Labute approximate surface area is 155 Å². The number of nitrogens with zero attached hydrogens (tertiary/aromatic N) is 3. The normalized spacial score (nSPS) is 11.1. The van der Waals surface area contributed by atoms with Gasteiger partial charge in [-0.2, -0.15) is 15.0 Å². The van der Waals surface area contributed by atoms with Crippen molar-refractivity contribution in [3.8, 4) is 11.6 Å². The fourth-order valence-electron chi connectivity index (χ4n) is 2.97. The summed E-state index contributed by atoms with van der Waals surface area (Å²) in [6, 6.07) is 12.6. The first-order valence-electron chi connectivity index (χ1n) is 8.60. The van der Waals surface area contributed by atoms with Crippen LogP contribution in [0.3, 0.4) is 0 Å². The van der Waals surface area contributed by atoms with Gasteiger partial charge in [-0.05, 0) is 43.2 Å². The number of halogens is 1. The monoisotopic (exact) mass is 363 g/mol. The lowest BCUT2D eigenvalue weighted by molar-refractivity contribution is 0.616. The molecule has 6 nitrogen and oxygen atoms in total. The summed E-state index contributed by atoms with van der Waals surface area (Å²) in [6.45, 7) is 3.86. The predicted octanol–water partition coefficient (Wildman–Crippen LogP) is 4.62. The molecule has 0 aliphatic carbocycles. The van der Waals surface area contributed by atoms with Crippen molar-refractivity contribution in [2.45, 2.75) is 20.3 Å². The summed E-state index contributed by atoms with van der Waals surface area (Å²) >= 11 is 0. The molecule has 0 unspecified atom stereocenters. The van der Waals surface area contributed by atoms with Gasteiger partial charge in [-0.1, -0.05) is 25.1 Å². The number of hydrogen-bond donors (Lipinski definition) is 2. The summed E-state index contributed by atoms with van der Waals surface area (Å²) in [5.41, 5.74) is 8.97. The van der Waals surface area contributed by atoms with E-state index in [1.807, 2.05) is 24.3 Å². The van der Waals surface area contributed by atoms with Gasteiger partial charge in [0.25, 0.3) is 0 Å². The molecule has 0 saturated heterocycles. The topological polar surface area (TPSA) is 89.9 Å². The molecule has 136 valence electrons. The summed E-state index contributed by atoms with van der Waals surface area (Å²) in [5, 5.41) is 3.53. The molecule has 2 aromatic heterocycles. The van der Waals surface area contributed by atoms with E-state index in [-0.39, 0.29) is 17.6 Å². The second-order valence-corrected chi connectivity index (χ2v) is 6.19. The van der Waals surface area contributed by atoms with Crippen LogP contribution in [-0.4, -0.2) is 15.0 Å². The third kappa shape index (κ3) is 3.19. The summed E-state index contributed by atoms with van der Waals surface area (Å²) < 4.78 is 19.9. The first kappa shape index (κ1) is 17.0. The second-order valence-electron chi connectivity index (χ2n) is 6.19. The van der Waals surface area contributed by atoms with E-state index in [1.54, 1.807) is 19.1 Å². The zero-order valence-electron chi connectivity index (χ0n) is 15.0. The van der Waals surface area contributed by atoms with Crippen LogP contribution in [0.25, 0.3) is 22.6 Å². The van der Waals surface area contributed by atoms with Gasteiger partial charge in [0.15, 0.2) is 5.76 Å². The Morgan fingerprint density at radius 3 is 2.56 bits per heavy atom. The fraction of sp³-hybridized carbons (Fsp3) is 0.150. The summed E-state index contributed by atoms with van der Waals surface area (Å²) in [5.74, 6) is 0.614. The smallest absolute Gasteiger partial charge is 0.232 e. The highest BCUT2D eigenvalue weighted by atomic mass is 19.1. The zero-order chi connectivity index (χ0) is 19.0. The van der Waals surface area contributed by atoms with E-state index in [0.717, 1.165) is 12.1 Å². The molecule has 0 radical (unpaired) electrons. The van der Waals surface area contributed by atoms with Crippen LogP contribution in [0.15, 0.2) is 46.9 Å². The van der Waals surface area contributed by atoms with E-state index < -0.39 is 0 Å². The number of furan rings is 1. The van der Waals surface area contributed by atoms with Crippen LogP contribution in [0.5, 0.6) is 0 Å². The minimum atomic E-state index is -0.351. The molecule has 3 N–H and O–H groups in total. The van der Waals surface area contributed by atoms with E-state index in [2.05, 4.69) is 27.2 Å². The molecule has 0 bridgehead atoms. The lowest BCUT2D eigenvalue weighted by Gasteiger charge is -2.07. The van der Waals surface area contributed by atoms with Crippen molar-refractivity contribution in [3.63, 3.8) is 0 Å². The maximum atomic E-state index is 14.1. The number of aromatic nitrogens is 3. The molecule has 0 aliphatic rings. The Hall–Kier alpha value is -3.48. The van der Waals surface area contributed by atoms with Crippen LogP contribution in [0.2, 0.25) is 0 Å². The van der Waals surface area contributed by atoms with Gasteiger partial charge in [0.1, 0.15) is 11.4 Å². The number of hydrogen-bond acceptors (Lipinski definition) is 6. The summed E-state index contributed by atoms with van der Waals surface area (Å²) in [6.07, 6.45) is 0.963. The molecule has 2 aromatic carbocycles. The van der Waals surface area contributed by atoms with Crippen molar-refractivity contribution in [2.75, 3.05) is 11.1 Å². The van der Waals surface area contributed by atoms with Gasteiger partial charge in [-0.25, -0.2) is 4.39 Å². The molecule has 7 heteroatoms. The lowest BCUT2D eigenvalue weighted by Crippen LogP contribution is -2.05. The number of anilines is 3. The Morgan fingerprint density at radius 1 is 1.07 bits per heavy atom. The van der Waals surface area contributed by atoms with E-state index in [4.69, 9.17) is 10.2 Å². The number of benzene rings is 2. The highest BCUT2D eigenvalue weighted by Crippen LogP contribution is 2.33. The Kier molecular flexibility index (Phi) is 4.19. The van der Waals surface area contributed by atoms with Crippen molar-refractivity contribution >= 4 is 28.6 Å². The SMILES string of the molecule is CCc1ccc(Nc2nc(N)nc(-c3oc4cccc(F)c4c3C)n2)cc1. The van der Waals surface area contributed by atoms with Crippen molar-refractivity contribution in [1.29, 1.82) is 0 Å². The number of aryl methyl sites for hydroxylation is 2. The molecule has 0 spiro atoms. The number of fused-ring (bicyclic) bond motifs is 1. The van der Waals surface area contributed by atoms with Crippen molar-refractivity contribution < 1.29 is 8.81 Å². The van der Waals surface area contributed by atoms with Crippen LogP contribution in [-0.2, 0) is 6.42 Å². The van der Waals surface area contributed by atoms with Gasteiger partial charge in [-0.3, -0.25) is 0 Å². The first-order valence-corrected chi connectivity index (χ1v) is 8.60. The standard InChI is InChI=1S/C20H18FN5O/c1-3-12-7-9-13(10-8-12)23-20-25-18(24-19(22)26-20)17-11(2)16-14(21)5-4-6-15(16)27-17/h4-10H,3H2,1-2H3,(H3,22,23,24,25,26). The van der Waals surface area contributed by atoms with E-state index >= 15 is 0 Å². The van der Waals surface area contributed by atoms with E-state index in [9.17, 15) is 4.39 Å². The Balaban J connectivity index is 1.74. The molecule has 2 heterocycles. The highest BCUT2D eigenvalue weighted by molar-refractivity contribution is 5.87. The molecule has 0 saturated carbocycles. The maximum Gasteiger partial charge on any atom is 0.232 e. The third-order valence-corrected chi connectivity index (χ3v) is 4.38. The number of nitrogens with one attached hydrogen (secondary N) is 1. The van der Waals surface area contributed by atoms with Crippen LogP contribution in [0.4, 0.5) is 22.0 Å². The first-order chi connectivity index (χ1) is 13.0. The second kappa shape index (κ2) is 6.68. The van der Waals surface area contributed by atoms with Gasteiger partial charge < -0.3 is 15.5 Å². The van der Waals surface area contributed by atoms with Crippen molar-refractivity contribution in [1.82, 2.24) is 15.0 Å². The molecule has 27 heavy (non-hydrogen) atoms. The quantitative estimate of drug-likeness (QED) is 0.550. The van der Waals surface area contributed by atoms with E-state index in [0.29, 0.717) is 28.2 Å². The molecule has 4 rings (SSSR count). The van der Waals surface area contributed by atoms with Crippen LogP contribution in [0.1, 0.15) is 18.1 Å². The van der Waals surface area contributed by atoms with E-state index in [1.165, 1.54) is 11.6 Å². The summed E-state index contributed by atoms with van der Waals surface area (Å²) in [4.78, 5) is 12.7. The minimum absolute atomic E-state index is 0.0491. The summed E-state index contributed by atoms with van der Waals surface area (Å²) in [7, 11) is 0. The average Bonchev–Trinajstić information content (AvgIpc) is 3.00. The fourth-order valence-corrected chi connectivity index (χ4v) is 2.97. The highest BCUT2D eigenvalue weighted by Gasteiger charge is 2.19. The Morgan fingerprint density at radius 2 is 1.85 bits per heavy atom. The van der Waals surface area contributed by atoms with Crippen LogP contribution in [0, 0.1) is 12.7 Å². The number of rotatable bonds is 4. The maximum absolute atomic E-state index is 14.1. The Bertz CT molecular complexity index is 1120. The molecule has 4 aromatic rings. The molecule has 0 aliphatic heterocycles. The molecule has 0 fully saturated rings. The molecular formula is C20H18FN5O. The van der Waals surface area contributed by atoms with Crippen molar-refractivity contribution in [3.05, 3.63) is 59.4 Å². The number of nitrogen functional groups attached to an aromatic ring is 1. The third-order valence-electron chi connectivity index (χ3n) is 4.38. The van der Waals surface area contributed by atoms with Gasteiger partial charge >= 0.3 is 0 Å². The average molecular weight is 363 g/mol. The predicted molar refractivity (Wildman–Crippen MR) is 103 cm³/mol. The molecule has 0 atom stereocenters.